The molecule has 0 saturated heterocycles. The van der Waals surface area contributed by atoms with Crippen LogP contribution in [0.2, 0.25) is 0 Å². The highest BCUT2D eigenvalue weighted by atomic mass is 32.2. The highest BCUT2D eigenvalue weighted by Gasteiger charge is 2.12. The van der Waals surface area contributed by atoms with Gasteiger partial charge in [-0.25, -0.2) is 8.42 Å². The molecule has 0 aliphatic carbocycles. The van der Waals surface area contributed by atoms with Crippen molar-refractivity contribution in [1.82, 2.24) is 0 Å². The molecule has 0 amide bonds. The van der Waals surface area contributed by atoms with E-state index < -0.39 is 10.0 Å². The third-order valence-corrected chi connectivity index (χ3v) is 3.75. The number of hydrogen-bond acceptors (Lipinski definition) is 4. The van der Waals surface area contributed by atoms with Crippen molar-refractivity contribution >= 4 is 21.5 Å². The Bertz CT molecular complexity index is 555. The van der Waals surface area contributed by atoms with E-state index in [1.165, 1.54) is 0 Å². The number of benzene rings is 1. The van der Waals surface area contributed by atoms with Crippen molar-refractivity contribution in [2.45, 2.75) is 13.8 Å². The SMILES string of the molecule is CCOCCS(=O)(=O)Nc1cc(C(=N)N)ccc1C. The Balaban J connectivity index is 2.86. The maximum atomic E-state index is 11.8. The minimum atomic E-state index is -3.46. The lowest BCUT2D eigenvalue weighted by molar-refractivity contribution is 0.163. The van der Waals surface area contributed by atoms with Gasteiger partial charge in [0.05, 0.1) is 18.0 Å². The van der Waals surface area contributed by atoms with E-state index in [2.05, 4.69) is 4.72 Å². The molecule has 0 aliphatic rings. The van der Waals surface area contributed by atoms with Gasteiger partial charge in [0, 0.05) is 12.2 Å². The van der Waals surface area contributed by atoms with Crippen LogP contribution < -0.4 is 10.5 Å². The molecule has 0 bridgehead atoms. The van der Waals surface area contributed by atoms with Gasteiger partial charge in [0.2, 0.25) is 10.0 Å². The molecule has 7 heteroatoms. The van der Waals surface area contributed by atoms with Crippen LogP contribution in [0.25, 0.3) is 0 Å². The Morgan fingerprint density at radius 2 is 2.16 bits per heavy atom. The van der Waals surface area contributed by atoms with E-state index in [1.807, 2.05) is 0 Å². The summed E-state index contributed by atoms with van der Waals surface area (Å²) < 4.78 is 31.2. The fourth-order valence-electron chi connectivity index (χ4n) is 1.43. The molecule has 0 heterocycles. The summed E-state index contributed by atoms with van der Waals surface area (Å²) in [5.74, 6) is -0.209. The van der Waals surface area contributed by atoms with Crippen LogP contribution in [0, 0.1) is 12.3 Å². The molecule has 106 valence electrons. The molecule has 0 aliphatic heterocycles. The van der Waals surface area contributed by atoms with Crippen LogP contribution in [-0.4, -0.2) is 33.2 Å². The summed E-state index contributed by atoms with van der Waals surface area (Å²) in [7, 11) is -3.46. The van der Waals surface area contributed by atoms with E-state index in [4.69, 9.17) is 15.9 Å². The predicted molar refractivity (Wildman–Crippen MR) is 76.1 cm³/mol. The second-order valence-electron chi connectivity index (χ2n) is 4.06. The summed E-state index contributed by atoms with van der Waals surface area (Å²) >= 11 is 0. The number of hydrogen-bond donors (Lipinski definition) is 3. The van der Waals surface area contributed by atoms with E-state index >= 15 is 0 Å². The number of sulfonamides is 1. The molecule has 4 N–H and O–H groups in total. The molecule has 1 aromatic rings. The van der Waals surface area contributed by atoms with Crippen LogP contribution in [0.5, 0.6) is 0 Å². The monoisotopic (exact) mass is 285 g/mol. The number of aryl methyl sites for hydroxylation is 1. The summed E-state index contributed by atoms with van der Waals surface area (Å²) in [5, 5.41) is 7.35. The zero-order valence-corrected chi connectivity index (χ0v) is 11.9. The number of ether oxygens (including phenoxy) is 1. The number of rotatable bonds is 7. The first kappa shape index (κ1) is 15.5. The Hall–Kier alpha value is -1.60. The van der Waals surface area contributed by atoms with Gasteiger partial charge in [-0.1, -0.05) is 12.1 Å². The number of nitrogens with one attached hydrogen (secondary N) is 2. The molecule has 0 unspecified atom stereocenters. The van der Waals surface area contributed by atoms with Crippen molar-refractivity contribution in [3.8, 4) is 0 Å². The van der Waals surface area contributed by atoms with Crippen molar-refractivity contribution in [3.63, 3.8) is 0 Å². The van der Waals surface area contributed by atoms with Gasteiger partial charge in [0.25, 0.3) is 0 Å². The minimum absolute atomic E-state index is 0.102. The predicted octanol–water partition coefficient (Wildman–Crippen LogP) is 1.06. The van der Waals surface area contributed by atoms with Gasteiger partial charge >= 0.3 is 0 Å². The molecule has 6 nitrogen and oxygen atoms in total. The molecule has 1 rings (SSSR count). The van der Waals surface area contributed by atoms with E-state index in [0.717, 1.165) is 5.56 Å². The first-order valence-electron chi connectivity index (χ1n) is 5.89. The van der Waals surface area contributed by atoms with Gasteiger partial charge in [-0.15, -0.1) is 0 Å². The number of nitrogens with two attached hydrogens (primary N) is 1. The van der Waals surface area contributed by atoms with Crippen LogP contribution in [0.15, 0.2) is 18.2 Å². The van der Waals surface area contributed by atoms with Crippen molar-refractivity contribution in [1.29, 1.82) is 5.41 Å². The van der Waals surface area contributed by atoms with Gasteiger partial charge in [0.15, 0.2) is 0 Å². The molecule has 0 spiro atoms. The number of amidine groups is 1. The molecule has 0 fully saturated rings. The lowest BCUT2D eigenvalue weighted by Gasteiger charge is -2.12. The summed E-state index contributed by atoms with van der Waals surface area (Å²) in [6.45, 7) is 4.22. The molecule has 0 atom stereocenters. The minimum Gasteiger partial charge on any atom is -0.384 e. The summed E-state index contributed by atoms with van der Waals surface area (Å²) in [6, 6.07) is 4.95. The van der Waals surface area contributed by atoms with Crippen LogP contribution in [0.4, 0.5) is 5.69 Å². The smallest absolute Gasteiger partial charge is 0.235 e. The second kappa shape index (κ2) is 6.53. The Labute approximate surface area is 113 Å². The van der Waals surface area contributed by atoms with Crippen molar-refractivity contribution in [3.05, 3.63) is 29.3 Å². The van der Waals surface area contributed by atoms with Gasteiger partial charge in [-0.05, 0) is 25.5 Å². The van der Waals surface area contributed by atoms with Crippen LogP contribution in [0.3, 0.4) is 0 Å². The Kier molecular flexibility index (Phi) is 5.31. The topological polar surface area (TPSA) is 105 Å². The number of anilines is 1. The van der Waals surface area contributed by atoms with Gasteiger partial charge in [0.1, 0.15) is 5.84 Å². The van der Waals surface area contributed by atoms with E-state index in [1.54, 1.807) is 32.0 Å². The van der Waals surface area contributed by atoms with Crippen LogP contribution >= 0.6 is 0 Å². The lowest BCUT2D eigenvalue weighted by Crippen LogP contribution is -2.21. The first-order valence-corrected chi connectivity index (χ1v) is 7.54. The van der Waals surface area contributed by atoms with Crippen LogP contribution in [-0.2, 0) is 14.8 Å². The van der Waals surface area contributed by atoms with Gasteiger partial charge in [-0.3, -0.25) is 10.1 Å². The first-order chi connectivity index (χ1) is 8.85. The van der Waals surface area contributed by atoms with E-state index in [9.17, 15) is 8.42 Å². The van der Waals surface area contributed by atoms with Crippen LogP contribution in [0.1, 0.15) is 18.1 Å². The Morgan fingerprint density at radius 3 is 2.74 bits per heavy atom. The van der Waals surface area contributed by atoms with Crippen molar-refractivity contribution in [2.24, 2.45) is 5.73 Å². The fourth-order valence-corrected chi connectivity index (χ4v) is 2.43. The third kappa shape index (κ3) is 4.88. The van der Waals surface area contributed by atoms with Crippen molar-refractivity contribution in [2.75, 3.05) is 23.7 Å². The highest BCUT2D eigenvalue weighted by Crippen LogP contribution is 2.18. The van der Waals surface area contributed by atoms with E-state index in [-0.39, 0.29) is 18.2 Å². The lowest BCUT2D eigenvalue weighted by atomic mass is 10.1. The molecule has 1 aromatic carbocycles. The van der Waals surface area contributed by atoms with Gasteiger partial charge < -0.3 is 10.5 Å². The summed E-state index contributed by atoms with van der Waals surface area (Å²) in [5.41, 5.74) is 7.06. The zero-order valence-electron chi connectivity index (χ0n) is 11.1. The summed E-state index contributed by atoms with van der Waals surface area (Å²) in [4.78, 5) is 0. The maximum Gasteiger partial charge on any atom is 0.235 e. The Morgan fingerprint density at radius 1 is 1.47 bits per heavy atom. The molecule has 19 heavy (non-hydrogen) atoms. The standard InChI is InChI=1S/C12H19N3O3S/c1-3-18-6-7-19(16,17)15-11-8-10(12(13)14)5-4-9(11)2/h4-5,8,15H,3,6-7H2,1-2H3,(H3,13,14). The normalized spacial score (nSPS) is 11.3. The van der Waals surface area contributed by atoms with Gasteiger partial charge in [-0.2, -0.15) is 0 Å². The number of nitrogen functional groups attached to an aromatic ring is 1. The highest BCUT2D eigenvalue weighted by molar-refractivity contribution is 7.92. The van der Waals surface area contributed by atoms with Crippen molar-refractivity contribution < 1.29 is 13.2 Å². The molecule has 0 saturated carbocycles. The summed E-state index contributed by atoms with van der Waals surface area (Å²) in [6.07, 6.45) is 0. The van der Waals surface area contributed by atoms with E-state index in [0.29, 0.717) is 17.9 Å². The molecular weight excluding hydrogens is 266 g/mol. The maximum absolute atomic E-state index is 11.8. The average molecular weight is 285 g/mol. The zero-order chi connectivity index (χ0) is 14.5. The quantitative estimate of drug-likeness (QED) is 0.395. The largest absolute Gasteiger partial charge is 0.384 e. The molecular formula is C12H19N3O3S. The molecule has 0 radical (unpaired) electrons. The average Bonchev–Trinajstić information content (AvgIpc) is 2.31. The second-order valence-corrected chi connectivity index (χ2v) is 5.90. The third-order valence-electron chi connectivity index (χ3n) is 2.51. The fraction of sp³-hybridized carbons (Fsp3) is 0.417. The molecule has 0 aromatic heterocycles.